The summed E-state index contributed by atoms with van der Waals surface area (Å²) in [5.41, 5.74) is 0.306. The van der Waals surface area contributed by atoms with Crippen LogP contribution in [-0.2, 0) is 5.11 Å². The lowest BCUT2D eigenvalue weighted by atomic mass is 10.1. The Labute approximate surface area is 110 Å². The third kappa shape index (κ3) is 6.04. The Hall–Kier alpha value is -1.11. The van der Waals surface area contributed by atoms with Crippen LogP contribution in [0.1, 0.15) is 18.1 Å². The van der Waals surface area contributed by atoms with Gasteiger partial charge in [-0.2, -0.15) is 0 Å². The van der Waals surface area contributed by atoms with Crippen molar-refractivity contribution in [3.05, 3.63) is 35.6 Å². The Morgan fingerprint density at radius 1 is 1.26 bits per heavy atom. The predicted molar refractivity (Wildman–Crippen MR) is 64.0 cm³/mol. The Morgan fingerprint density at radius 3 is 2.58 bits per heavy atom. The third-order valence-electron chi connectivity index (χ3n) is 2.74. The van der Waals surface area contributed by atoms with Gasteiger partial charge < -0.3 is 5.11 Å². The highest BCUT2D eigenvalue weighted by molar-refractivity contribution is 5.18. The summed E-state index contributed by atoms with van der Waals surface area (Å²) >= 11 is 0. The van der Waals surface area contributed by atoms with Crippen molar-refractivity contribution in [3.63, 3.8) is 0 Å². The lowest BCUT2D eigenvalue weighted by molar-refractivity contribution is 0.0448. The molecule has 0 saturated carbocycles. The number of rotatable bonds is 8. The van der Waals surface area contributed by atoms with Gasteiger partial charge in [0.25, 0.3) is 6.43 Å². The van der Waals surface area contributed by atoms with Crippen molar-refractivity contribution in [2.45, 2.75) is 19.0 Å². The molecule has 1 rings (SSSR count). The van der Waals surface area contributed by atoms with Crippen LogP contribution in [0.2, 0.25) is 0 Å². The van der Waals surface area contributed by atoms with Crippen molar-refractivity contribution in [1.29, 1.82) is 0 Å². The minimum absolute atomic E-state index is 0.0934. The van der Waals surface area contributed by atoms with Crippen LogP contribution < -0.4 is 0 Å². The number of nitrogens with zero attached hydrogens (tertiary/aromatic N) is 1. The van der Waals surface area contributed by atoms with E-state index in [9.17, 15) is 18.3 Å². The first-order valence-electron chi connectivity index (χ1n) is 6.05. The van der Waals surface area contributed by atoms with E-state index < -0.39 is 24.9 Å². The molecule has 0 fully saturated rings. The van der Waals surface area contributed by atoms with Crippen LogP contribution in [0.3, 0.4) is 0 Å². The van der Waals surface area contributed by atoms with Crippen molar-refractivity contribution in [2.24, 2.45) is 0 Å². The first kappa shape index (κ1) is 15.9. The number of hydrogen-bond acceptors (Lipinski definition) is 2. The summed E-state index contributed by atoms with van der Waals surface area (Å²) < 4.78 is 37.5. The van der Waals surface area contributed by atoms with Crippen LogP contribution >= 0.6 is 0 Å². The SMILES string of the molecule is [O]C(CCN(CCO)CC(F)F)c1cccc(F)c1. The summed E-state index contributed by atoms with van der Waals surface area (Å²) in [6.45, 7) is -0.470. The molecule has 1 atom stereocenters. The van der Waals surface area contributed by atoms with Crippen LogP contribution in [0.5, 0.6) is 0 Å². The van der Waals surface area contributed by atoms with Crippen molar-refractivity contribution in [3.8, 4) is 0 Å². The summed E-state index contributed by atoms with van der Waals surface area (Å²) in [5.74, 6) is -0.488. The van der Waals surface area contributed by atoms with E-state index in [1.54, 1.807) is 0 Å². The van der Waals surface area contributed by atoms with Crippen LogP contribution in [0.25, 0.3) is 0 Å². The number of halogens is 3. The standard InChI is InChI=1S/C13H17F3NO2/c14-11-3-1-2-10(8-11)12(19)4-5-17(6-7-18)9-13(15)16/h1-3,8,12-13,18H,4-7,9H2. The fourth-order valence-corrected chi connectivity index (χ4v) is 1.80. The molecule has 1 N–H and O–H groups in total. The van der Waals surface area contributed by atoms with Gasteiger partial charge in [-0.25, -0.2) is 18.3 Å². The van der Waals surface area contributed by atoms with E-state index in [4.69, 9.17) is 5.11 Å². The van der Waals surface area contributed by atoms with Crippen LogP contribution in [0, 0.1) is 5.82 Å². The molecule has 0 amide bonds. The maximum absolute atomic E-state index is 12.9. The molecule has 0 bridgehead atoms. The van der Waals surface area contributed by atoms with Gasteiger partial charge >= 0.3 is 0 Å². The molecule has 0 saturated heterocycles. The summed E-state index contributed by atoms with van der Waals surface area (Å²) in [6.07, 6.45) is -3.57. The molecule has 1 aromatic rings. The van der Waals surface area contributed by atoms with E-state index in [-0.39, 0.29) is 26.1 Å². The molecule has 1 unspecified atom stereocenters. The van der Waals surface area contributed by atoms with Crippen molar-refractivity contribution in [2.75, 3.05) is 26.2 Å². The maximum Gasteiger partial charge on any atom is 0.251 e. The zero-order chi connectivity index (χ0) is 14.3. The lowest BCUT2D eigenvalue weighted by Crippen LogP contribution is -2.33. The average molecular weight is 276 g/mol. The summed E-state index contributed by atoms with van der Waals surface area (Å²) in [7, 11) is 0. The number of aliphatic hydroxyl groups is 1. The molecular weight excluding hydrogens is 259 g/mol. The second-order valence-corrected chi connectivity index (χ2v) is 4.25. The monoisotopic (exact) mass is 276 g/mol. The van der Waals surface area contributed by atoms with Gasteiger partial charge in [0.15, 0.2) is 0 Å². The van der Waals surface area contributed by atoms with Crippen molar-refractivity contribution < 1.29 is 23.4 Å². The molecule has 3 nitrogen and oxygen atoms in total. The van der Waals surface area contributed by atoms with Gasteiger partial charge in [0.1, 0.15) is 11.9 Å². The molecule has 0 aliphatic carbocycles. The van der Waals surface area contributed by atoms with E-state index in [1.807, 2.05) is 0 Å². The van der Waals surface area contributed by atoms with Gasteiger partial charge in [0.05, 0.1) is 13.2 Å². The minimum atomic E-state index is -2.51. The predicted octanol–water partition coefficient (Wildman–Crippen LogP) is 2.25. The van der Waals surface area contributed by atoms with Crippen molar-refractivity contribution >= 4 is 0 Å². The Morgan fingerprint density at radius 2 is 2.00 bits per heavy atom. The fourth-order valence-electron chi connectivity index (χ4n) is 1.80. The quantitative estimate of drug-likeness (QED) is 0.791. The van der Waals surface area contributed by atoms with Gasteiger partial charge in [-0.1, -0.05) is 12.1 Å². The minimum Gasteiger partial charge on any atom is -0.395 e. The molecule has 0 aliphatic rings. The van der Waals surface area contributed by atoms with E-state index >= 15 is 0 Å². The number of alkyl halides is 2. The Balaban J connectivity index is 2.49. The van der Waals surface area contributed by atoms with Gasteiger partial charge in [-0.3, -0.25) is 4.90 Å². The highest BCUT2D eigenvalue weighted by Gasteiger charge is 2.15. The van der Waals surface area contributed by atoms with Gasteiger partial charge in [-0.15, -0.1) is 0 Å². The molecule has 0 aromatic heterocycles. The number of aliphatic hydroxyl groups excluding tert-OH is 1. The molecule has 19 heavy (non-hydrogen) atoms. The first-order valence-corrected chi connectivity index (χ1v) is 6.05. The van der Waals surface area contributed by atoms with Crippen molar-refractivity contribution in [1.82, 2.24) is 4.90 Å². The number of benzene rings is 1. The zero-order valence-electron chi connectivity index (χ0n) is 10.4. The zero-order valence-corrected chi connectivity index (χ0v) is 10.4. The summed E-state index contributed by atoms with van der Waals surface area (Å²) in [6, 6.07) is 5.36. The summed E-state index contributed by atoms with van der Waals surface area (Å²) in [5, 5.41) is 20.6. The molecule has 6 heteroatoms. The van der Waals surface area contributed by atoms with E-state index in [1.165, 1.54) is 23.1 Å². The highest BCUT2D eigenvalue weighted by Crippen LogP contribution is 2.18. The highest BCUT2D eigenvalue weighted by atomic mass is 19.3. The van der Waals surface area contributed by atoms with E-state index in [0.29, 0.717) is 5.56 Å². The average Bonchev–Trinajstić information content (AvgIpc) is 2.35. The summed E-state index contributed by atoms with van der Waals surface area (Å²) in [4.78, 5) is 1.33. The molecule has 107 valence electrons. The van der Waals surface area contributed by atoms with Crippen LogP contribution in [0.4, 0.5) is 13.2 Å². The molecule has 0 aliphatic heterocycles. The smallest absolute Gasteiger partial charge is 0.251 e. The Bertz CT molecular complexity index is 377. The lowest BCUT2D eigenvalue weighted by Gasteiger charge is -2.21. The van der Waals surface area contributed by atoms with Crippen LogP contribution in [0.15, 0.2) is 24.3 Å². The van der Waals surface area contributed by atoms with Gasteiger partial charge in [0.2, 0.25) is 0 Å². The normalized spacial score (nSPS) is 13.2. The first-order chi connectivity index (χ1) is 9.02. The topological polar surface area (TPSA) is 43.4 Å². The van der Waals surface area contributed by atoms with E-state index in [2.05, 4.69) is 0 Å². The molecular formula is C13H17F3NO2. The largest absolute Gasteiger partial charge is 0.395 e. The molecule has 1 aromatic carbocycles. The maximum atomic E-state index is 12.9. The number of hydrogen-bond donors (Lipinski definition) is 1. The van der Waals surface area contributed by atoms with E-state index in [0.717, 1.165) is 6.07 Å². The third-order valence-corrected chi connectivity index (χ3v) is 2.74. The Kier molecular flexibility index (Phi) is 6.83. The fraction of sp³-hybridized carbons (Fsp3) is 0.538. The van der Waals surface area contributed by atoms with Gasteiger partial charge in [-0.05, 0) is 24.1 Å². The second-order valence-electron chi connectivity index (χ2n) is 4.25. The molecule has 1 radical (unpaired) electrons. The second kappa shape index (κ2) is 8.14. The van der Waals surface area contributed by atoms with Crippen LogP contribution in [-0.4, -0.2) is 42.7 Å². The molecule has 0 spiro atoms. The molecule has 0 heterocycles. The van der Waals surface area contributed by atoms with Gasteiger partial charge in [0, 0.05) is 13.1 Å².